The first kappa shape index (κ1) is 15.3. The summed E-state index contributed by atoms with van der Waals surface area (Å²) in [6.45, 7) is 6.61. The van der Waals surface area contributed by atoms with Crippen molar-refractivity contribution in [2.24, 2.45) is 5.92 Å². The number of aromatic nitrogens is 2. The number of carbonyl (C=O) groups excluding carboxylic acids is 1. The fraction of sp³-hybridized carbons (Fsp3) is 0.533. The lowest BCUT2D eigenvalue weighted by Gasteiger charge is -2.12. The van der Waals surface area contributed by atoms with Crippen LogP contribution in [0.3, 0.4) is 0 Å². The Morgan fingerprint density at radius 2 is 2.19 bits per heavy atom. The van der Waals surface area contributed by atoms with Crippen LogP contribution in [-0.4, -0.2) is 32.8 Å². The van der Waals surface area contributed by atoms with Crippen molar-refractivity contribution >= 4 is 11.9 Å². The Balaban J connectivity index is 2.07. The minimum absolute atomic E-state index is 0.211. The molecule has 0 radical (unpaired) electrons. The number of nitrogens with one attached hydrogen (secondary N) is 1. The maximum Gasteiger partial charge on any atom is 0.310 e. The first-order valence-corrected chi connectivity index (χ1v) is 7.22. The number of hydrogen-bond donors (Lipinski definition) is 2. The van der Waals surface area contributed by atoms with Crippen LogP contribution >= 0.6 is 0 Å². The summed E-state index contributed by atoms with van der Waals surface area (Å²) in [6.07, 6.45) is 3.77. The molecular formula is C15H21N3O3. The molecule has 0 aromatic carbocycles. The molecule has 0 saturated carbocycles. The van der Waals surface area contributed by atoms with Crippen molar-refractivity contribution in [2.75, 3.05) is 0 Å². The summed E-state index contributed by atoms with van der Waals surface area (Å²) in [6, 6.07) is 1.57. The first-order valence-electron chi connectivity index (χ1n) is 7.22. The molecule has 1 amide bonds. The third-order valence-electron chi connectivity index (χ3n) is 3.64. The molecule has 1 heterocycles. The summed E-state index contributed by atoms with van der Waals surface area (Å²) in [4.78, 5) is 23.2. The van der Waals surface area contributed by atoms with Crippen LogP contribution in [0.4, 0.5) is 0 Å². The average molecular weight is 291 g/mol. The molecule has 6 nitrogen and oxygen atoms in total. The smallest absolute Gasteiger partial charge is 0.310 e. The zero-order valence-electron chi connectivity index (χ0n) is 12.5. The van der Waals surface area contributed by atoms with E-state index in [2.05, 4.69) is 10.4 Å². The third-order valence-corrected chi connectivity index (χ3v) is 3.64. The first-order chi connectivity index (χ1) is 9.92. The van der Waals surface area contributed by atoms with Gasteiger partial charge in [-0.15, -0.1) is 0 Å². The van der Waals surface area contributed by atoms with Crippen molar-refractivity contribution in [1.82, 2.24) is 15.1 Å². The highest BCUT2D eigenvalue weighted by atomic mass is 16.4. The number of amides is 1. The van der Waals surface area contributed by atoms with Crippen LogP contribution in [0.15, 0.2) is 18.2 Å². The van der Waals surface area contributed by atoms with Gasteiger partial charge in [0.2, 0.25) is 0 Å². The SMILES string of the molecule is CCn1nc(C(C)C)cc1C(=O)NC1C=CC(C(=O)O)C1. The minimum atomic E-state index is -0.858. The van der Waals surface area contributed by atoms with E-state index in [1.54, 1.807) is 22.9 Å². The lowest BCUT2D eigenvalue weighted by Crippen LogP contribution is -2.34. The molecule has 0 aliphatic heterocycles. The molecular weight excluding hydrogens is 270 g/mol. The maximum atomic E-state index is 12.3. The Labute approximate surface area is 123 Å². The molecule has 2 rings (SSSR count). The lowest BCUT2D eigenvalue weighted by molar-refractivity contribution is -0.140. The Hall–Kier alpha value is -2.11. The van der Waals surface area contributed by atoms with E-state index in [4.69, 9.17) is 5.11 Å². The van der Waals surface area contributed by atoms with Gasteiger partial charge in [0.25, 0.3) is 5.91 Å². The van der Waals surface area contributed by atoms with Gasteiger partial charge >= 0.3 is 5.97 Å². The van der Waals surface area contributed by atoms with Gasteiger partial charge < -0.3 is 10.4 Å². The largest absolute Gasteiger partial charge is 0.481 e. The van der Waals surface area contributed by atoms with E-state index in [9.17, 15) is 9.59 Å². The molecule has 2 unspecified atom stereocenters. The summed E-state index contributed by atoms with van der Waals surface area (Å²) in [7, 11) is 0. The molecule has 2 N–H and O–H groups in total. The monoisotopic (exact) mass is 291 g/mol. The molecule has 2 atom stereocenters. The summed E-state index contributed by atoms with van der Waals surface area (Å²) in [5.74, 6) is -1.33. The number of carbonyl (C=O) groups is 2. The van der Waals surface area contributed by atoms with Crippen molar-refractivity contribution in [2.45, 2.75) is 45.7 Å². The predicted molar refractivity (Wildman–Crippen MR) is 78.1 cm³/mol. The topological polar surface area (TPSA) is 84.2 Å². The van der Waals surface area contributed by atoms with Crippen molar-refractivity contribution in [1.29, 1.82) is 0 Å². The van der Waals surface area contributed by atoms with Crippen LogP contribution in [0, 0.1) is 5.92 Å². The van der Waals surface area contributed by atoms with Gasteiger partial charge in [-0.05, 0) is 25.3 Å². The fourth-order valence-corrected chi connectivity index (χ4v) is 2.37. The highest BCUT2D eigenvalue weighted by Gasteiger charge is 2.26. The molecule has 114 valence electrons. The van der Waals surface area contributed by atoms with E-state index in [-0.39, 0.29) is 17.9 Å². The van der Waals surface area contributed by atoms with E-state index in [0.29, 0.717) is 18.7 Å². The molecule has 6 heteroatoms. The molecule has 1 aromatic rings. The number of nitrogens with zero attached hydrogens (tertiary/aromatic N) is 2. The zero-order chi connectivity index (χ0) is 15.6. The Morgan fingerprint density at radius 3 is 2.71 bits per heavy atom. The molecule has 1 aromatic heterocycles. The van der Waals surface area contributed by atoms with Gasteiger partial charge in [0.1, 0.15) is 5.69 Å². The molecule has 0 spiro atoms. The van der Waals surface area contributed by atoms with Crippen LogP contribution in [0.1, 0.15) is 49.3 Å². The van der Waals surface area contributed by atoms with Crippen LogP contribution in [0.5, 0.6) is 0 Å². The second-order valence-electron chi connectivity index (χ2n) is 5.57. The predicted octanol–water partition coefficient (Wildman–Crippen LogP) is 1.79. The van der Waals surface area contributed by atoms with Gasteiger partial charge in [-0.25, -0.2) is 0 Å². The second kappa shape index (κ2) is 6.11. The summed E-state index contributed by atoms with van der Waals surface area (Å²) in [5, 5.41) is 16.2. The second-order valence-corrected chi connectivity index (χ2v) is 5.57. The molecule has 21 heavy (non-hydrogen) atoms. The molecule has 0 saturated heterocycles. The minimum Gasteiger partial charge on any atom is -0.481 e. The number of hydrogen-bond acceptors (Lipinski definition) is 3. The summed E-state index contributed by atoms with van der Waals surface area (Å²) < 4.78 is 1.68. The maximum absolute atomic E-state index is 12.3. The summed E-state index contributed by atoms with van der Waals surface area (Å²) in [5.41, 5.74) is 1.40. The van der Waals surface area contributed by atoms with Crippen LogP contribution in [0.25, 0.3) is 0 Å². The quantitative estimate of drug-likeness (QED) is 0.810. The standard InChI is InChI=1S/C15H21N3O3/c1-4-18-13(8-12(17-18)9(2)3)14(19)16-11-6-5-10(7-11)15(20)21/h5-6,8-11H,4,7H2,1-3H3,(H,16,19)(H,20,21). The van der Waals surface area contributed by atoms with Crippen molar-refractivity contribution in [3.05, 3.63) is 29.6 Å². The molecule has 0 fully saturated rings. The normalized spacial score (nSPS) is 21.0. The van der Waals surface area contributed by atoms with E-state index in [1.165, 1.54) is 0 Å². The summed E-state index contributed by atoms with van der Waals surface area (Å²) >= 11 is 0. The number of aryl methyl sites for hydroxylation is 1. The molecule has 1 aliphatic rings. The van der Waals surface area contributed by atoms with Gasteiger partial charge in [0.05, 0.1) is 11.6 Å². The average Bonchev–Trinajstić information content (AvgIpc) is 3.04. The molecule has 1 aliphatic carbocycles. The number of rotatable bonds is 5. The van der Waals surface area contributed by atoms with E-state index >= 15 is 0 Å². The Kier molecular flexibility index (Phi) is 4.45. The van der Waals surface area contributed by atoms with E-state index in [1.807, 2.05) is 20.8 Å². The van der Waals surface area contributed by atoms with Gasteiger partial charge in [-0.2, -0.15) is 5.10 Å². The fourth-order valence-electron chi connectivity index (χ4n) is 2.37. The van der Waals surface area contributed by atoms with Crippen LogP contribution < -0.4 is 5.32 Å². The van der Waals surface area contributed by atoms with Crippen LogP contribution in [-0.2, 0) is 11.3 Å². The highest BCUT2D eigenvalue weighted by Crippen LogP contribution is 2.19. The Bertz CT molecular complexity index is 575. The molecule has 0 bridgehead atoms. The zero-order valence-corrected chi connectivity index (χ0v) is 12.5. The Morgan fingerprint density at radius 1 is 1.48 bits per heavy atom. The number of aliphatic carboxylic acids is 1. The van der Waals surface area contributed by atoms with E-state index in [0.717, 1.165) is 5.69 Å². The van der Waals surface area contributed by atoms with E-state index < -0.39 is 11.9 Å². The van der Waals surface area contributed by atoms with Crippen molar-refractivity contribution < 1.29 is 14.7 Å². The number of carboxylic acid groups (broad SMARTS) is 1. The van der Waals surface area contributed by atoms with Gasteiger partial charge in [-0.1, -0.05) is 26.0 Å². The van der Waals surface area contributed by atoms with Crippen molar-refractivity contribution in [3.8, 4) is 0 Å². The number of carboxylic acids is 1. The van der Waals surface area contributed by atoms with Gasteiger partial charge in [0, 0.05) is 12.6 Å². The van der Waals surface area contributed by atoms with Gasteiger partial charge in [-0.3, -0.25) is 14.3 Å². The lowest BCUT2D eigenvalue weighted by atomic mass is 10.1. The highest BCUT2D eigenvalue weighted by molar-refractivity contribution is 5.93. The van der Waals surface area contributed by atoms with Gasteiger partial charge in [0.15, 0.2) is 0 Å². The van der Waals surface area contributed by atoms with Crippen molar-refractivity contribution in [3.63, 3.8) is 0 Å². The third kappa shape index (κ3) is 3.32. The van der Waals surface area contributed by atoms with Crippen LogP contribution in [0.2, 0.25) is 0 Å².